The monoisotopic (exact) mass is 419 g/mol. The predicted molar refractivity (Wildman–Crippen MR) is 119 cm³/mol. The molecule has 0 unspecified atom stereocenters. The van der Waals surface area contributed by atoms with Gasteiger partial charge in [0.05, 0.1) is 12.2 Å². The topological polar surface area (TPSA) is 83.5 Å². The van der Waals surface area contributed by atoms with E-state index in [-0.39, 0.29) is 28.9 Å². The van der Waals surface area contributed by atoms with Crippen LogP contribution in [0.4, 0.5) is 0 Å². The minimum absolute atomic E-state index is 0.183. The fourth-order valence-corrected chi connectivity index (χ4v) is 9.50. The van der Waals surface area contributed by atoms with Crippen molar-refractivity contribution in [3.8, 4) is 0 Å². The molecule has 0 radical (unpaired) electrons. The van der Waals surface area contributed by atoms with Crippen molar-refractivity contribution in [2.75, 3.05) is 0 Å². The molecule has 172 valence electrons. The molecule has 4 rings (SSSR count). The smallest absolute Gasteiger partial charge is 0.217 e. The van der Waals surface area contributed by atoms with Crippen LogP contribution in [0.25, 0.3) is 0 Å². The Labute approximate surface area is 183 Å². The minimum atomic E-state index is -0.229. The van der Waals surface area contributed by atoms with E-state index in [9.17, 15) is 15.0 Å². The molecule has 0 aromatic heterocycles. The molecule has 4 aliphatic carbocycles. The summed E-state index contributed by atoms with van der Waals surface area (Å²) in [4.78, 5) is 11.3. The Hall–Kier alpha value is -0.610. The zero-order valence-electron chi connectivity index (χ0n) is 19.6. The largest absolute Gasteiger partial charge is 0.393 e. The Morgan fingerprint density at radius 3 is 2.37 bits per heavy atom. The summed E-state index contributed by atoms with van der Waals surface area (Å²) in [6, 6.07) is 0. The molecule has 0 aliphatic heterocycles. The van der Waals surface area contributed by atoms with E-state index in [0.29, 0.717) is 47.8 Å². The fourth-order valence-electron chi connectivity index (χ4n) is 9.50. The van der Waals surface area contributed by atoms with Gasteiger partial charge in [-0.1, -0.05) is 34.1 Å². The Kier molecular flexibility index (Phi) is 6.07. The van der Waals surface area contributed by atoms with Crippen molar-refractivity contribution in [2.45, 2.75) is 104 Å². The molecule has 0 aromatic rings. The lowest BCUT2D eigenvalue weighted by Crippen LogP contribution is -2.62. The van der Waals surface area contributed by atoms with Crippen LogP contribution in [0.1, 0.15) is 91.9 Å². The second-order valence-corrected chi connectivity index (χ2v) is 12.1. The number of carbonyl (C=O) groups excluding carboxylic acids is 1. The highest BCUT2D eigenvalue weighted by atomic mass is 16.3. The molecular formula is C26H45NO3. The normalized spacial score (nSPS) is 51.5. The van der Waals surface area contributed by atoms with Gasteiger partial charge in [0.1, 0.15) is 0 Å². The van der Waals surface area contributed by atoms with Crippen LogP contribution in [0.2, 0.25) is 0 Å². The number of primary amides is 1. The zero-order valence-corrected chi connectivity index (χ0v) is 19.6. The van der Waals surface area contributed by atoms with Gasteiger partial charge < -0.3 is 15.9 Å². The number of nitrogens with two attached hydrogens (primary N) is 1. The van der Waals surface area contributed by atoms with E-state index >= 15 is 0 Å². The number of aliphatic hydroxyl groups is 2. The highest BCUT2D eigenvalue weighted by Crippen LogP contribution is 2.69. The van der Waals surface area contributed by atoms with Crippen molar-refractivity contribution in [1.82, 2.24) is 0 Å². The average Bonchev–Trinajstić information content (AvgIpc) is 3.05. The maximum atomic E-state index is 11.7. The van der Waals surface area contributed by atoms with Crippen molar-refractivity contribution in [3.05, 3.63) is 0 Å². The molecule has 4 nitrogen and oxygen atoms in total. The van der Waals surface area contributed by atoms with Gasteiger partial charge in [0.25, 0.3) is 0 Å². The van der Waals surface area contributed by atoms with Crippen molar-refractivity contribution in [3.63, 3.8) is 0 Å². The minimum Gasteiger partial charge on any atom is -0.393 e. The quantitative estimate of drug-likeness (QED) is 0.613. The highest BCUT2D eigenvalue weighted by Gasteiger charge is 2.64. The highest BCUT2D eigenvalue weighted by molar-refractivity contribution is 5.73. The van der Waals surface area contributed by atoms with Gasteiger partial charge in [0.15, 0.2) is 0 Å². The van der Waals surface area contributed by atoms with Crippen LogP contribution in [0.5, 0.6) is 0 Å². The third-order valence-corrected chi connectivity index (χ3v) is 11.0. The van der Waals surface area contributed by atoms with Gasteiger partial charge in [-0.2, -0.15) is 0 Å². The molecule has 0 bridgehead atoms. The van der Waals surface area contributed by atoms with E-state index in [1.165, 1.54) is 25.7 Å². The maximum absolute atomic E-state index is 11.7. The first-order valence-corrected chi connectivity index (χ1v) is 12.8. The number of carbonyl (C=O) groups is 1. The van der Waals surface area contributed by atoms with Crippen LogP contribution in [0.3, 0.4) is 0 Å². The van der Waals surface area contributed by atoms with Gasteiger partial charge in [0.2, 0.25) is 5.91 Å². The molecule has 1 amide bonds. The summed E-state index contributed by atoms with van der Waals surface area (Å²) in [6.45, 7) is 9.56. The van der Waals surface area contributed by atoms with Gasteiger partial charge in [0, 0.05) is 6.42 Å². The van der Waals surface area contributed by atoms with Crippen LogP contribution in [-0.2, 0) is 4.79 Å². The number of aliphatic hydroxyl groups excluding tert-OH is 2. The molecule has 0 saturated heterocycles. The molecule has 0 aromatic carbocycles. The molecule has 30 heavy (non-hydrogen) atoms. The standard InChI is InChI=1S/C26H45NO3/c1-5-17-21-14-16(28)10-12-26(21,4)20-11-13-25(3)18(15(2)6-9-22(27)29)7-8-19(25)23(20)24(17)30/h15-21,23-24,28,30H,5-14H2,1-4H3,(H2,27,29)/t15-,16-,17-,18-,19+,20+,21+,23+,24-,25-,26-/m1/s1. The molecule has 4 N–H and O–H groups in total. The molecule has 0 spiro atoms. The third kappa shape index (κ3) is 3.36. The van der Waals surface area contributed by atoms with E-state index in [4.69, 9.17) is 5.73 Å². The summed E-state index contributed by atoms with van der Waals surface area (Å²) in [6.07, 6.45) is 9.83. The van der Waals surface area contributed by atoms with Crippen molar-refractivity contribution in [2.24, 2.45) is 58.0 Å². The lowest BCUT2D eigenvalue weighted by atomic mass is 9.41. The fraction of sp³-hybridized carbons (Fsp3) is 0.962. The Balaban J connectivity index is 1.61. The molecule has 0 heterocycles. The van der Waals surface area contributed by atoms with Crippen molar-refractivity contribution >= 4 is 5.91 Å². The van der Waals surface area contributed by atoms with Crippen LogP contribution in [0.15, 0.2) is 0 Å². The first-order chi connectivity index (χ1) is 14.1. The number of fused-ring (bicyclic) bond motifs is 5. The van der Waals surface area contributed by atoms with Gasteiger partial charge in [-0.25, -0.2) is 0 Å². The van der Waals surface area contributed by atoms with Crippen LogP contribution >= 0.6 is 0 Å². The van der Waals surface area contributed by atoms with Crippen molar-refractivity contribution in [1.29, 1.82) is 0 Å². The van der Waals surface area contributed by atoms with Gasteiger partial charge in [-0.05, 0) is 104 Å². The lowest BCUT2D eigenvalue weighted by Gasteiger charge is -2.64. The third-order valence-electron chi connectivity index (χ3n) is 11.0. The summed E-state index contributed by atoms with van der Waals surface area (Å²) in [5.41, 5.74) is 5.97. The molecule has 4 fully saturated rings. The van der Waals surface area contributed by atoms with Gasteiger partial charge in [-0.3, -0.25) is 4.79 Å². The first-order valence-electron chi connectivity index (χ1n) is 12.8. The first kappa shape index (κ1) is 22.6. The molecule has 4 aliphatic rings. The SMILES string of the molecule is CC[C@H]1[C@@H](O)[C@@H]2[C@H](CC[C@]3(C)[C@@H]([C@H](C)CCC(N)=O)CC[C@@H]23)[C@@]2(C)CC[C@@H](O)C[C@@H]12. The Bertz CT molecular complexity index is 652. The number of hydrogen-bond acceptors (Lipinski definition) is 3. The summed E-state index contributed by atoms with van der Waals surface area (Å²) >= 11 is 0. The summed E-state index contributed by atoms with van der Waals surface area (Å²) in [5.74, 6) is 3.32. The van der Waals surface area contributed by atoms with Gasteiger partial charge in [-0.15, -0.1) is 0 Å². The summed E-state index contributed by atoms with van der Waals surface area (Å²) in [7, 11) is 0. The van der Waals surface area contributed by atoms with E-state index in [1.54, 1.807) is 0 Å². The second kappa shape index (κ2) is 8.06. The predicted octanol–water partition coefficient (Wildman–Crippen LogP) is 4.51. The van der Waals surface area contributed by atoms with E-state index < -0.39 is 0 Å². The van der Waals surface area contributed by atoms with Crippen LogP contribution in [-0.4, -0.2) is 28.3 Å². The summed E-state index contributed by atoms with van der Waals surface area (Å²) < 4.78 is 0. The van der Waals surface area contributed by atoms with E-state index in [1.807, 2.05) is 0 Å². The van der Waals surface area contributed by atoms with Crippen molar-refractivity contribution < 1.29 is 15.0 Å². The maximum Gasteiger partial charge on any atom is 0.217 e. The Morgan fingerprint density at radius 1 is 1.03 bits per heavy atom. The van der Waals surface area contributed by atoms with Crippen LogP contribution < -0.4 is 5.73 Å². The number of amides is 1. The number of hydrogen-bond donors (Lipinski definition) is 3. The second-order valence-electron chi connectivity index (χ2n) is 12.1. The molecule has 4 saturated carbocycles. The Morgan fingerprint density at radius 2 is 1.70 bits per heavy atom. The van der Waals surface area contributed by atoms with E-state index in [0.717, 1.165) is 32.1 Å². The summed E-state index contributed by atoms with van der Waals surface area (Å²) in [5, 5.41) is 22.1. The van der Waals surface area contributed by atoms with Crippen LogP contribution in [0, 0.1) is 52.3 Å². The lowest BCUT2D eigenvalue weighted by molar-refractivity contribution is -0.203. The zero-order chi connectivity index (χ0) is 21.8. The van der Waals surface area contributed by atoms with E-state index in [2.05, 4.69) is 27.7 Å². The molecular weight excluding hydrogens is 374 g/mol. The van der Waals surface area contributed by atoms with Gasteiger partial charge >= 0.3 is 0 Å². The number of rotatable bonds is 5. The molecule has 4 heteroatoms. The average molecular weight is 420 g/mol. The molecule has 11 atom stereocenters.